The monoisotopic (exact) mass is 293 g/mol. The summed E-state index contributed by atoms with van der Waals surface area (Å²) in [5, 5.41) is 16.7. The highest BCUT2D eigenvalue weighted by Gasteiger charge is 2.12. The van der Waals surface area contributed by atoms with E-state index >= 15 is 0 Å². The molecule has 3 aromatic heterocycles. The molecule has 0 unspecified atom stereocenters. The number of H-pyrrole nitrogens is 2. The minimum Gasteiger partial charge on any atom is -0.271 e. The van der Waals surface area contributed by atoms with Gasteiger partial charge in [-0.05, 0) is 22.9 Å². The quantitative estimate of drug-likeness (QED) is 0.581. The van der Waals surface area contributed by atoms with Gasteiger partial charge >= 0.3 is 0 Å². The maximum absolute atomic E-state index is 12.3. The van der Waals surface area contributed by atoms with E-state index in [1.54, 1.807) is 6.07 Å². The predicted octanol–water partition coefficient (Wildman–Crippen LogP) is 0.818. The molecule has 8 nitrogen and oxygen atoms in total. The lowest BCUT2D eigenvalue weighted by Crippen LogP contribution is -2.15. The van der Waals surface area contributed by atoms with E-state index in [0.29, 0.717) is 17.5 Å². The van der Waals surface area contributed by atoms with Crippen LogP contribution in [0.25, 0.3) is 17.0 Å². The van der Waals surface area contributed by atoms with Gasteiger partial charge in [-0.3, -0.25) is 9.89 Å². The average Bonchev–Trinajstić information content (AvgIpc) is 3.17. The number of pyridine rings is 1. The van der Waals surface area contributed by atoms with Gasteiger partial charge in [0.2, 0.25) is 0 Å². The van der Waals surface area contributed by atoms with Gasteiger partial charge in [0.05, 0.1) is 5.39 Å². The SMILES string of the molecule is O=c1c2ccc(Cc3ccccc3)nc2[nH]n1-c1nn[nH]n1. The third-order valence-corrected chi connectivity index (χ3v) is 3.37. The Balaban J connectivity index is 1.77. The second-order valence-corrected chi connectivity index (χ2v) is 4.83. The fourth-order valence-corrected chi connectivity index (χ4v) is 2.33. The van der Waals surface area contributed by atoms with Crippen LogP contribution in [-0.2, 0) is 6.42 Å². The molecule has 108 valence electrons. The second kappa shape index (κ2) is 4.92. The summed E-state index contributed by atoms with van der Waals surface area (Å²) in [6, 6.07) is 13.6. The smallest absolute Gasteiger partial charge is 0.271 e. The van der Waals surface area contributed by atoms with Crippen LogP contribution in [0, 0.1) is 0 Å². The van der Waals surface area contributed by atoms with Gasteiger partial charge in [0.25, 0.3) is 11.5 Å². The van der Waals surface area contributed by atoms with Crippen LogP contribution in [-0.4, -0.2) is 35.4 Å². The highest BCUT2D eigenvalue weighted by molar-refractivity contribution is 5.74. The summed E-state index contributed by atoms with van der Waals surface area (Å²) < 4.78 is 1.22. The number of nitrogens with one attached hydrogen (secondary N) is 2. The first kappa shape index (κ1) is 12.5. The van der Waals surface area contributed by atoms with Gasteiger partial charge in [0.1, 0.15) is 0 Å². The zero-order chi connectivity index (χ0) is 14.9. The highest BCUT2D eigenvalue weighted by Crippen LogP contribution is 2.11. The summed E-state index contributed by atoms with van der Waals surface area (Å²) in [4.78, 5) is 16.8. The number of hydrogen-bond acceptors (Lipinski definition) is 5. The number of benzene rings is 1. The highest BCUT2D eigenvalue weighted by atomic mass is 16.1. The van der Waals surface area contributed by atoms with Crippen molar-refractivity contribution in [2.45, 2.75) is 6.42 Å². The van der Waals surface area contributed by atoms with Crippen molar-refractivity contribution in [1.29, 1.82) is 0 Å². The van der Waals surface area contributed by atoms with Crippen LogP contribution in [0.1, 0.15) is 11.3 Å². The number of aromatic nitrogens is 7. The Morgan fingerprint density at radius 1 is 1.09 bits per heavy atom. The third-order valence-electron chi connectivity index (χ3n) is 3.37. The molecule has 0 aliphatic carbocycles. The molecule has 4 rings (SSSR count). The number of tetrazole rings is 1. The molecule has 3 heterocycles. The Morgan fingerprint density at radius 2 is 1.95 bits per heavy atom. The van der Waals surface area contributed by atoms with Crippen LogP contribution >= 0.6 is 0 Å². The lowest BCUT2D eigenvalue weighted by atomic mass is 10.1. The summed E-state index contributed by atoms with van der Waals surface area (Å²) in [5.74, 6) is 0.160. The summed E-state index contributed by atoms with van der Waals surface area (Å²) in [5.41, 5.74) is 2.29. The number of rotatable bonds is 3. The van der Waals surface area contributed by atoms with E-state index < -0.39 is 0 Å². The van der Waals surface area contributed by atoms with Gasteiger partial charge in [-0.2, -0.15) is 9.90 Å². The zero-order valence-corrected chi connectivity index (χ0v) is 11.4. The van der Waals surface area contributed by atoms with E-state index in [-0.39, 0.29) is 11.5 Å². The van der Waals surface area contributed by atoms with Gasteiger partial charge in [0, 0.05) is 12.1 Å². The van der Waals surface area contributed by atoms with Gasteiger partial charge in [0.15, 0.2) is 5.65 Å². The molecule has 0 aliphatic heterocycles. The molecule has 0 amide bonds. The molecule has 0 saturated heterocycles. The van der Waals surface area contributed by atoms with Crippen molar-refractivity contribution in [3.63, 3.8) is 0 Å². The zero-order valence-electron chi connectivity index (χ0n) is 11.4. The first-order valence-electron chi connectivity index (χ1n) is 6.70. The van der Waals surface area contributed by atoms with Gasteiger partial charge < -0.3 is 0 Å². The van der Waals surface area contributed by atoms with Gasteiger partial charge in [-0.15, -0.1) is 5.10 Å². The molecule has 0 radical (unpaired) electrons. The molecule has 1 aromatic carbocycles. The van der Waals surface area contributed by atoms with Crippen LogP contribution in [0.5, 0.6) is 0 Å². The summed E-state index contributed by atoms with van der Waals surface area (Å²) >= 11 is 0. The van der Waals surface area contributed by atoms with Crippen molar-refractivity contribution in [3.05, 3.63) is 64.1 Å². The van der Waals surface area contributed by atoms with Gasteiger partial charge in [-0.25, -0.2) is 4.98 Å². The molecule has 0 aliphatic rings. The van der Waals surface area contributed by atoms with Crippen molar-refractivity contribution in [1.82, 2.24) is 35.4 Å². The fraction of sp³-hybridized carbons (Fsp3) is 0.0714. The van der Waals surface area contributed by atoms with Crippen LogP contribution in [0.15, 0.2) is 47.3 Å². The first-order chi connectivity index (χ1) is 10.8. The normalized spacial score (nSPS) is 11.1. The third kappa shape index (κ3) is 2.06. The minimum absolute atomic E-state index is 0.160. The summed E-state index contributed by atoms with van der Waals surface area (Å²) in [6.07, 6.45) is 0.701. The van der Waals surface area contributed by atoms with Gasteiger partial charge in [-0.1, -0.05) is 35.4 Å². The maximum atomic E-state index is 12.3. The number of nitrogens with zero attached hydrogens (tertiary/aromatic N) is 5. The second-order valence-electron chi connectivity index (χ2n) is 4.83. The standard InChI is InChI=1S/C14H11N7O/c22-13-11-7-6-10(8-9-4-2-1-3-5-9)15-12(11)18-21(13)14-16-19-20-17-14/h1-7H,8H2,(H,15,18)(H,16,17,19,20). The van der Waals surface area contributed by atoms with E-state index in [1.165, 1.54) is 4.68 Å². The van der Waals surface area contributed by atoms with Crippen molar-refractivity contribution < 1.29 is 0 Å². The molecule has 22 heavy (non-hydrogen) atoms. The van der Waals surface area contributed by atoms with E-state index in [0.717, 1.165) is 11.3 Å². The van der Waals surface area contributed by atoms with Crippen LogP contribution in [0.2, 0.25) is 0 Å². The van der Waals surface area contributed by atoms with Crippen LogP contribution in [0.4, 0.5) is 0 Å². The molecule has 0 saturated carbocycles. The Morgan fingerprint density at radius 3 is 2.73 bits per heavy atom. The molecule has 8 heteroatoms. The molecule has 0 bridgehead atoms. The van der Waals surface area contributed by atoms with Crippen molar-refractivity contribution in [3.8, 4) is 5.95 Å². The Kier molecular flexibility index (Phi) is 2.78. The van der Waals surface area contributed by atoms with Crippen molar-refractivity contribution >= 4 is 11.0 Å². The Bertz CT molecular complexity index is 970. The lowest BCUT2D eigenvalue weighted by molar-refractivity contribution is 0.793. The summed E-state index contributed by atoms with van der Waals surface area (Å²) in [7, 11) is 0. The lowest BCUT2D eigenvalue weighted by Gasteiger charge is -2.00. The molecule has 4 aromatic rings. The topological polar surface area (TPSA) is 105 Å². The van der Waals surface area contributed by atoms with Crippen molar-refractivity contribution in [2.75, 3.05) is 0 Å². The first-order valence-corrected chi connectivity index (χ1v) is 6.70. The predicted molar refractivity (Wildman–Crippen MR) is 78.7 cm³/mol. The Labute approximate surface area is 123 Å². The molecule has 0 spiro atoms. The van der Waals surface area contributed by atoms with Crippen molar-refractivity contribution in [2.24, 2.45) is 0 Å². The van der Waals surface area contributed by atoms with E-state index in [1.807, 2.05) is 36.4 Å². The van der Waals surface area contributed by atoms with Crippen LogP contribution < -0.4 is 5.56 Å². The van der Waals surface area contributed by atoms with E-state index in [2.05, 4.69) is 30.7 Å². The number of aromatic amines is 2. The summed E-state index contributed by atoms with van der Waals surface area (Å²) in [6.45, 7) is 0. The Hall–Kier alpha value is -3.29. The maximum Gasteiger partial charge on any atom is 0.291 e. The molecular formula is C14H11N7O. The fourth-order valence-electron chi connectivity index (χ4n) is 2.33. The number of fused-ring (bicyclic) bond motifs is 1. The average molecular weight is 293 g/mol. The van der Waals surface area contributed by atoms with E-state index in [9.17, 15) is 4.79 Å². The van der Waals surface area contributed by atoms with E-state index in [4.69, 9.17) is 0 Å². The largest absolute Gasteiger partial charge is 0.291 e. The minimum atomic E-state index is -0.254. The number of hydrogen-bond donors (Lipinski definition) is 2. The molecule has 0 fully saturated rings. The molecule has 2 N–H and O–H groups in total. The molecular weight excluding hydrogens is 282 g/mol. The van der Waals surface area contributed by atoms with Crippen LogP contribution in [0.3, 0.4) is 0 Å². The molecule has 0 atom stereocenters.